The van der Waals surface area contributed by atoms with Gasteiger partial charge in [0.15, 0.2) is 0 Å². The first kappa shape index (κ1) is 14.6. The minimum absolute atomic E-state index is 0.168. The minimum Gasteiger partial charge on any atom is -0.328 e. The van der Waals surface area contributed by atoms with E-state index in [2.05, 4.69) is 61.8 Å². The molecule has 2 aromatic rings. The molecule has 3 rings (SSSR count). The molecule has 0 saturated carbocycles. The Morgan fingerprint density at radius 1 is 1.29 bits per heavy atom. The number of aryl methyl sites for hydroxylation is 1. The van der Waals surface area contributed by atoms with Gasteiger partial charge in [-0.15, -0.1) is 0 Å². The smallest absolute Gasteiger partial charge is 0.111 e. The monoisotopic (exact) mass is 285 g/mol. The third kappa shape index (κ3) is 2.38. The highest BCUT2D eigenvalue weighted by molar-refractivity contribution is 5.75. The summed E-state index contributed by atoms with van der Waals surface area (Å²) in [5.74, 6) is 1.23. The van der Waals surface area contributed by atoms with Crippen molar-refractivity contribution < 1.29 is 0 Å². The van der Waals surface area contributed by atoms with Crippen LogP contribution in [0.1, 0.15) is 46.4 Å². The third-order valence-electron chi connectivity index (χ3n) is 5.19. The van der Waals surface area contributed by atoms with Crippen molar-refractivity contribution in [2.75, 3.05) is 6.54 Å². The summed E-state index contributed by atoms with van der Waals surface area (Å²) < 4.78 is 2.38. The first-order valence-electron chi connectivity index (χ1n) is 8.16. The first-order chi connectivity index (χ1) is 9.97. The summed E-state index contributed by atoms with van der Waals surface area (Å²) >= 11 is 0. The number of para-hydroxylation sites is 2. The van der Waals surface area contributed by atoms with Crippen LogP contribution in [0.25, 0.3) is 11.0 Å². The Kier molecular flexibility index (Phi) is 3.56. The van der Waals surface area contributed by atoms with Crippen molar-refractivity contribution in [2.45, 2.75) is 59.0 Å². The Morgan fingerprint density at radius 3 is 2.67 bits per heavy atom. The average Bonchev–Trinajstić information content (AvgIpc) is 3.03. The van der Waals surface area contributed by atoms with E-state index < -0.39 is 0 Å². The lowest BCUT2D eigenvalue weighted by Crippen LogP contribution is -2.53. The molecule has 21 heavy (non-hydrogen) atoms. The van der Waals surface area contributed by atoms with E-state index in [1.54, 1.807) is 0 Å². The Morgan fingerprint density at radius 2 is 2.05 bits per heavy atom. The van der Waals surface area contributed by atoms with Crippen LogP contribution in [-0.4, -0.2) is 21.6 Å². The molecule has 1 aliphatic rings. The van der Waals surface area contributed by atoms with E-state index in [0.717, 1.165) is 25.0 Å². The van der Waals surface area contributed by atoms with Crippen molar-refractivity contribution in [1.82, 2.24) is 14.9 Å². The first-order valence-corrected chi connectivity index (χ1v) is 8.16. The van der Waals surface area contributed by atoms with Gasteiger partial charge in [-0.1, -0.05) is 32.9 Å². The van der Waals surface area contributed by atoms with Crippen LogP contribution in [0.3, 0.4) is 0 Å². The van der Waals surface area contributed by atoms with Crippen molar-refractivity contribution in [1.29, 1.82) is 0 Å². The summed E-state index contributed by atoms with van der Waals surface area (Å²) in [6, 6.07) is 8.48. The molecule has 114 valence electrons. The predicted octanol–water partition coefficient (Wildman–Crippen LogP) is 3.77. The molecule has 1 aromatic carbocycles. The fourth-order valence-corrected chi connectivity index (χ4v) is 3.75. The van der Waals surface area contributed by atoms with E-state index in [1.165, 1.54) is 24.2 Å². The van der Waals surface area contributed by atoms with Crippen LogP contribution in [0.4, 0.5) is 0 Å². The summed E-state index contributed by atoms with van der Waals surface area (Å²) in [4.78, 5) is 4.93. The highest BCUT2D eigenvalue weighted by Gasteiger charge is 2.44. The maximum absolute atomic E-state index is 4.93. The second-order valence-corrected chi connectivity index (χ2v) is 7.30. The fourth-order valence-electron chi connectivity index (χ4n) is 3.75. The fraction of sp³-hybridized carbons (Fsp3) is 0.611. The van der Waals surface area contributed by atoms with Gasteiger partial charge in [0.05, 0.1) is 11.0 Å². The molecule has 0 aliphatic carbocycles. The quantitative estimate of drug-likeness (QED) is 0.930. The second-order valence-electron chi connectivity index (χ2n) is 7.30. The van der Waals surface area contributed by atoms with Crippen LogP contribution in [0.5, 0.6) is 0 Å². The van der Waals surface area contributed by atoms with E-state index in [9.17, 15) is 0 Å². The Hall–Kier alpha value is -1.35. The van der Waals surface area contributed by atoms with Gasteiger partial charge in [-0.3, -0.25) is 0 Å². The zero-order valence-electron chi connectivity index (χ0n) is 13.7. The van der Waals surface area contributed by atoms with E-state index in [0.29, 0.717) is 0 Å². The molecular weight excluding hydrogens is 258 g/mol. The largest absolute Gasteiger partial charge is 0.328 e. The van der Waals surface area contributed by atoms with Crippen LogP contribution in [0.2, 0.25) is 0 Å². The summed E-state index contributed by atoms with van der Waals surface area (Å²) in [6.07, 6.45) is 3.52. The van der Waals surface area contributed by atoms with Gasteiger partial charge in [0.1, 0.15) is 5.82 Å². The van der Waals surface area contributed by atoms with Crippen LogP contribution in [0, 0.1) is 5.41 Å². The molecule has 0 spiro atoms. The van der Waals surface area contributed by atoms with Gasteiger partial charge in [0.25, 0.3) is 0 Å². The van der Waals surface area contributed by atoms with Crippen molar-refractivity contribution in [3.05, 3.63) is 30.1 Å². The topological polar surface area (TPSA) is 29.9 Å². The lowest BCUT2D eigenvalue weighted by Gasteiger charge is -2.42. The molecule has 1 saturated heterocycles. The number of aromatic nitrogens is 2. The number of fused-ring (bicyclic) bond motifs is 1. The molecule has 1 atom stereocenters. The molecule has 0 bridgehead atoms. The van der Waals surface area contributed by atoms with Crippen LogP contribution in [-0.2, 0) is 13.0 Å². The Bertz CT molecular complexity index is 627. The number of nitrogens with one attached hydrogen (secondary N) is 1. The Balaban J connectivity index is 2.04. The number of rotatable bonds is 3. The molecular formula is C18H27N3. The van der Waals surface area contributed by atoms with Crippen molar-refractivity contribution in [3.63, 3.8) is 0 Å². The van der Waals surface area contributed by atoms with Gasteiger partial charge < -0.3 is 9.88 Å². The average molecular weight is 285 g/mol. The highest BCUT2D eigenvalue weighted by Crippen LogP contribution is 2.40. The van der Waals surface area contributed by atoms with E-state index in [-0.39, 0.29) is 11.0 Å². The maximum atomic E-state index is 4.93. The highest BCUT2D eigenvalue weighted by atomic mass is 15.1. The minimum atomic E-state index is 0.168. The Labute approximate surface area is 127 Å². The maximum Gasteiger partial charge on any atom is 0.111 e. The lowest BCUT2D eigenvalue weighted by molar-refractivity contribution is 0.155. The molecule has 3 heteroatoms. The van der Waals surface area contributed by atoms with Gasteiger partial charge in [-0.05, 0) is 43.9 Å². The van der Waals surface area contributed by atoms with Gasteiger partial charge in [0.2, 0.25) is 0 Å². The molecule has 1 aromatic heterocycles. The van der Waals surface area contributed by atoms with Crippen LogP contribution >= 0.6 is 0 Å². The van der Waals surface area contributed by atoms with Crippen molar-refractivity contribution in [3.8, 4) is 0 Å². The van der Waals surface area contributed by atoms with Crippen molar-refractivity contribution >= 4 is 11.0 Å². The van der Waals surface area contributed by atoms with E-state index >= 15 is 0 Å². The molecule has 0 radical (unpaired) electrons. The van der Waals surface area contributed by atoms with Crippen LogP contribution in [0.15, 0.2) is 24.3 Å². The molecule has 1 N–H and O–H groups in total. The number of benzene rings is 1. The second kappa shape index (κ2) is 5.13. The molecule has 3 nitrogen and oxygen atoms in total. The number of hydrogen-bond acceptors (Lipinski definition) is 2. The van der Waals surface area contributed by atoms with Crippen LogP contribution < -0.4 is 5.32 Å². The zero-order valence-corrected chi connectivity index (χ0v) is 13.7. The third-order valence-corrected chi connectivity index (χ3v) is 5.19. The SMILES string of the molecule is CCn1c(CC2(C(C)(C)C)CCCN2)nc2ccccc21. The number of hydrogen-bond donors (Lipinski definition) is 1. The molecule has 0 amide bonds. The zero-order chi connectivity index (χ0) is 15.1. The van der Waals surface area contributed by atoms with E-state index in [4.69, 9.17) is 4.98 Å². The predicted molar refractivity (Wildman–Crippen MR) is 88.5 cm³/mol. The van der Waals surface area contributed by atoms with Gasteiger partial charge in [-0.25, -0.2) is 4.98 Å². The molecule has 1 unspecified atom stereocenters. The summed E-state index contributed by atoms with van der Waals surface area (Å²) in [5, 5.41) is 3.80. The van der Waals surface area contributed by atoms with Gasteiger partial charge >= 0.3 is 0 Å². The standard InChI is InChI=1S/C18H27N3/c1-5-21-15-10-7-6-9-14(15)20-16(21)13-18(17(2,3)4)11-8-12-19-18/h6-7,9-10,19H,5,8,11-13H2,1-4H3. The van der Waals surface area contributed by atoms with E-state index in [1.807, 2.05) is 0 Å². The number of nitrogens with zero attached hydrogens (tertiary/aromatic N) is 2. The lowest BCUT2D eigenvalue weighted by atomic mass is 9.70. The summed E-state index contributed by atoms with van der Waals surface area (Å²) in [7, 11) is 0. The van der Waals surface area contributed by atoms with Gasteiger partial charge in [-0.2, -0.15) is 0 Å². The summed E-state index contributed by atoms with van der Waals surface area (Å²) in [6.45, 7) is 11.4. The number of imidazole rings is 1. The summed E-state index contributed by atoms with van der Waals surface area (Å²) in [5.41, 5.74) is 2.79. The van der Waals surface area contributed by atoms with Gasteiger partial charge in [0, 0.05) is 18.5 Å². The molecule has 1 fully saturated rings. The molecule has 1 aliphatic heterocycles. The normalized spacial score (nSPS) is 23.0. The molecule has 2 heterocycles. The van der Waals surface area contributed by atoms with Crippen molar-refractivity contribution in [2.24, 2.45) is 5.41 Å².